The van der Waals surface area contributed by atoms with Crippen LogP contribution >= 0.6 is 0 Å². The van der Waals surface area contributed by atoms with E-state index in [0.717, 1.165) is 21.0 Å². The largest absolute Gasteiger partial charge is 0.666 e. The topological polar surface area (TPSA) is 78.2 Å². The standard InChI is InChI=1S/C21H18N2O3S.CH3.Y/c22-21(24)20-14-17-8-4-5-9-19(17)23(20)27(25,26)18-12-10-16(11-13-18)15-6-2-1-3-7-15;;/h1-13,20H,14H2,(H2,22,24);1H3;/q;-1;/p-1/t20-;;/m0../s1. The molecule has 1 heterocycles. The Balaban J connectivity index is 0.00000150. The van der Waals surface area contributed by atoms with E-state index in [2.05, 4.69) is 0 Å². The van der Waals surface area contributed by atoms with Crippen molar-refractivity contribution >= 4 is 21.6 Å². The quantitative estimate of drug-likeness (QED) is 0.515. The molecule has 0 saturated carbocycles. The molecule has 0 fully saturated rings. The van der Waals surface area contributed by atoms with Gasteiger partial charge in [-0.05, 0) is 34.9 Å². The molecular formula is C22H20N2O3SY-2. The zero-order valence-corrected chi connectivity index (χ0v) is 19.6. The molecule has 1 aliphatic rings. The second-order valence-corrected chi connectivity index (χ2v) is 8.22. The molecule has 1 atom stereocenters. The molecule has 7 heteroatoms. The Morgan fingerprint density at radius 2 is 1.41 bits per heavy atom. The molecule has 29 heavy (non-hydrogen) atoms. The van der Waals surface area contributed by atoms with Crippen molar-refractivity contribution in [1.82, 2.24) is 0 Å². The Bertz CT molecular complexity index is 1100. The fourth-order valence-electron chi connectivity index (χ4n) is 3.42. The van der Waals surface area contributed by atoms with E-state index in [1.165, 1.54) is 0 Å². The van der Waals surface area contributed by atoms with Crippen molar-refractivity contribution in [2.75, 3.05) is 4.31 Å². The van der Waals surface area contributed by atoms with Gasteiger partial charge in [0.1, 0.15) is 0 Å². The number of nitrogens with one attached hydrogen (secondary N) is 1. The third-order valence-electron chi connectivity index (χ3n) is 4.75. The van der Waals surface area contributed by atoms with E-state index in [9.17, 15) is 13.2 Å². The molecule has 0 unspecified atom stereocenters. The Hall–Kier alpha value is -2.02. The van der Waals surface area contributed by atoms with Gasteiger partial charge >= 0.3 is 0 Å². The van der Waals surface area contributed by atoms with Crippen molar-refractivity contribution in [3.8, 4) is 11.1 Å². The Labute approximate surface area is 196 Å². The van der Waals surface area contributed by atoms with Crippen LogP contribution in [0.25, 0.3) is 16.9 Å². The normalized spacial score (nSPS) is 15.0. The minimum atomic E-state index is -3.95. The first-order valence-corrected chi connectivity index (χ1v) is 9.96. The molecule has 1 N–H and O–H groups in total. The van der Waals surface area contributed by atoms with E-state index < -0.39 is 22.0 Å². The average Bonchev–Trinajstić information content (AvgIpc) is 3.09. The number of carbonyl (C=O) groups is 1. The number of nitrogens with zero attached hydrogens (tertiary/aromatic N) is 1. The number of hydrogen-bond donors (Lipinski definition) is 0. The molecule has 3 aromatic carbocycles. The molecule has 147 valence electrons. The molecule has 0 aromatic heterocycles. The van der Waals surface area contributed by atoms with Crippen LogP contribution in [0.2, 0.25) is 0 Å². The number of rotatable bonds is 4. The number of sulfonamides is 1. The first-order chi connectivity index (χ1) is 13.0. The average molecular weight is 481 g/mol. The third kappa shape index (κ3) is 4.30. The van der Waals surface area contributed by atoms with Gasteiger partial charge in [-0.2, -0.15) is 0 Å². The molecule has 5 nitrogen and oxygen atoms in total. The molecular weight excluding hydrogens is 461 g/mol. The summed E-state index contributed by atoms with van der Waals surface area (Å²) >= 11 is 0. The van der Waals surface area contributed by atoms with Gasteiger partial charge in [-0.25, -0.2) is 8.42 Å². The van der Waals surface area contributed by atoms with Crippen molar-refractivity contribution in [3.63, 3.8) is 0 Å². The number of amides is 1. The molecule has 0 aliphatic carbocycles. The molecule has 1 amide bonds. The van der Waals surface area contributed by atoms with Gasteiger partial charge in [-0.15, -0.1) is 0 Å². The van der Waals surface area contributed by atoms with E-state index in [4.69, 9.17) is 5.73 Å². The fourth-order valence-corrected chi connectivity index (χ4v) is 5.07. The predicted molar refractivity (Wildman–Crippen MR) is 111 cm³/mol. The number of fused-ring (bicyclic) bond motifs is 1. The van der Waals surface area contributed by atoms with Crippen LogP contribution in [-0.2, 0) is 53.9 Å². The minimum absolute atomic E-state index is 0. The Kier molecular flexibility index (Phi) is 7.38. The summed E-state index contributed by atoms with van der Waals surface area (Å²) in [6.45, 7) is 0. The monoisotopic (exact) mass is 481 g/mol. The van der Waals surface area contributed by atoms with Crippen molar-refractivity contribution < 1.29 is 45.9 Å². The van der Waals surface area contributed by atoms with Crippen LogP contribution in [0.1, 0.15) is 5.56 Å². The van der Waals surface area contributed by atoms with Crippen LogP contribution in [0, 0.1) is 7.43 Å². The summed E-state index contributed by atoms with van der Waals surface area (Å²) in [5, 5.41) is 0. The summed E-state index contributed by atoms with van der Waals surface area (Å²) in [6.07, 6.45) is 0.222. The zero-order valence-electron chi connectivity index (χ0n) is 15.9. The van der Waals surface area contributed by atoms with Gasteiger partial charge in [0.15, 0.2) is 0 Å². The SMILES string of the molecule is [CH3-].[NH-]C(=O)[C@@H]1Cc2ccccc2N1S(=O)(=O)c1ccc(-c2ccccc2)cc1.[Y]. The number of carbonyl (C=O) groups excluding carboxylic acids is 1. The Morgan fingerprint density at radius 3 is 2.03 bits per heavy atom. The van der Waals surface area contributed by atoms with Gasteiger partial charge in [0.05, 0.1) is 22.5 Å². The number of benzene rings is 3. The second-order valence-electron chi connectivity index (χ2n) is 6.40. The van der Waals surface area contributed by atoms with Crippen LogP contribution in [-0.4, -0.2) is 20.4 Å². The molecule has 1 aliphatic heterocycles. The minimum Gasteiger partial charge on any atom is -0.666 e. The van der Waals surface area contributed by atoms with Crippen molar-refractivity contribution in [2.24, 2.45) is 0 Å². The van der Waals surface area contributed by atoms with E-state index in [1.807, 2.05) is 30.3 Å². The van der Waals surface area contributed by atoms with Gasteiger partial charge in [-0.3, -0.25) is 4.31 Å². The van der Waals surface area contributed by atoms with Crippen molar-refractivity contribution in [1.29, 1.82) is 0 Å². The van der Waals surface area contributed by atoms with Crippen LogP contribution in [0.15, 0.2) is 83.8 Å². The van der Waals surface area contributed by atoms with Crippen LogP contribution in [0.3, 0.4) is 0 Å². The summed E-state index contributed by atoms with van der Waals surface area (Å²) in [6, 6.07) is 22.2. The molecule has 0 saturated heterocycles. The molecule has 4 rings (SSSR count). The molecule has 0 spiro atoms. The van der Waals surface area contributed by atoms with Crippen molar-refractivity contribution in [2.45, 2.75) is 17.4 Å². The maximum absolute atomic E-state index is 13.3. The van der Waals surface area contributed by atoms with E-state index in [0.29, 0.717) is 5.69 Å². The van der Waals surface area contributed by atoms with E-state index in [-0.39, 0.29) is 51.5 Å². The fraction of sp³-hybridized carbons (Fsp3) is 0.0909. The maximum Gasteiger partial charge on any atom is 0.264 e. The van der Waals surface area contributed by atoms with Crippen LogP contribution < -0.4 is 4.31 Å². The van der Waals surface area contributed by atoms with Gasteiger partial charge in [-0.1, -0.05) is 60.7 Å². The maximum atomic E-state index is 13.3. The second kappa shape index (κ2) is 9.20. The summed E-state index contributed by atoms with van der Waals surface area (Å²) < 4.78 is 27.6. The summed E-state index contributed by atoms with van der Waals surface area (Å²) in [5.74, 6) is -0.907. The van der Waals surface area contributed by atoms with Crippen molar-refractivity contribution in [3.05, 3.63) is 97.6 Å². The smallest absolute Gasteiger partial charge is 0.264 e. The first-order valence-electron chi connectivity index (χ1n) is 8.52. The summed E-state index contributed by atoms with van der Waals surface area (Å²) in [7, 11) is -3.95. The van der Waals surface area contributed by atoms with Crippen LogP contribution in [0.4, 0.5) is 5.69 Å². The van der Waals surface area contributed by atoms with Gasteiger partial charge < -0.3 is 18.0 Å². The predicted octanol–water partition coefficient (Wildman–Crippen LogP) is 4.50. The number of hydrogen-bond acceptors (Lipinski definition) is 3. The molecule has 1 radical (unpaired) electrons. The van der Waals surface area contributed by atoms with Gasteiger partial charge in [0, 0.05) is 39.1 Å². The zero-order chi connectivity index (χ0) is 19.0. The molecule has 3 aromatic rings. The molecule has 0 bridgehead atoms. The van der Waals surface area contributed by atoms with Gasteiger partial charge in [0.25, 0.3) is 10.0 Å². The van der Waals surface area contributed by atoms with E-state index in [1.54, 1.807) is 48.5 Å². The third-order valence-corrected chi connectivity index (χ3v) is 6.58. The number of para-hydroxylation sites is 1. The van der Waals surface area contributed by atoms with Gasteiger partial charge in [0.2, 0.25) is 0 Å². The first kappa shape index (κ1) is 23.3. The summed E-state index contributed by atoms with van der Waals surface area (Å²) in [5.41, 5.74) is 10.6. The summed E-state index contributed by atoms with van der Waals surface area (Å²) in [4.78, 5) is 11.9. The Morgan fingerprint density at radius 1 is 0.862 bits per heavy atom. The van der Waals surface area contributed by atoms with E-state index >= 15 is 0 Å². The van der Waals surface area contributed by atoms with Crippen LogP contribution in [0.5, 0.6) is 0 Å². The number of anilines is 1.